The Morgan fingerprint density at radius 1 is 1.50 bits per heavy atom. The molecule has 2 heterocycles. The van der Waals surface area contributed by atoms with Crippen molar-refractivity contribution in [2.24, 2.45) is 0 Å². The Kier molecular flexibility index (Phi) is 2.08. The number of hydrogen-bond donors (Lipinski definition) is 2. The molecule has 0 bridgehead atoms. The van der Waals surface area contributed by atoms with Crippen LogP contribution in [0.4, 0.5) is 0 Å². The monoisotopic (exact) mass is 173 g/mol. The van der Waals surface area contributed by atoms with Crippen molar-refractivity contribution in [1.29, 1.82) is 0 Å². The molecule has 0 radical (unpaired) electrons. The summed E-state index contributed by atoms with van der Waals surface area (Å²) < 4.78 is 10.8. The first-order valence-corrected chi connectivity index (χ1v) is 4.34. The summed E-state index contributed by atoms with van der Waals surface area (Å²) >= 11 is 0. The maximum atomic E-state index is 9.40. The van der Waals surface area contributed by atoms with Crippen molar-refractivity contribution in [2.75, 3.05) is 26.3 Å². The van der Waals surface area contributed by atoms with Crippen LogP contribution in [0, 0.1) is 0 Å². The van der Waals surface area contributed by atoms with E-state index in [1.54, 1.807) is 0 Å². The van der Waals surface area contributed by atoms with Gasteiger partial charge in [0.2, 0.25) is 0 Å². The van der Waals surface area contributed by atoms with E-state index in [1.165, 1.54) is 0 Å². The van der Waals surface area contributed by atoms with Crippen LogP contribution < -0.4 is 5.32 Å². The average molecular weight is 173 g/mol. The van der Waals surface area contributed by atoms with Crippen LogP contribution in [0.1, 0.15) is 6.92 Å². The molecule has 0 aromatic heterocycles. The lowest BCUT2D eigenvalue weighted by Crippen LogP contribution is -2.61. The quantitative estimate of drug-likeness (QED) is 0.569. The molecular formula is C8H15NO3. The predicted octanol–water partition coefficient (Wildman–Crippen LogP) is -0.875. The zero-order valence-corrected chi connectivity index (χ0v) is 7.25. The van der Waals surface area contributed by atoms with Crippen molar-refractivity contribution in [1.82, 2.24) is 5.32 Å². The number of rotatable bonds is 2. The summed E-state index contributed by atoms with van der Waals surface area (Å²) in [5.74, 6) is 0. The zero-order chi connectivity index (χ0) is 8.60. The Labute approximate surface area is 71.9 Å². The van der Waals surface area contributed by atoms with Crippen molar-refractivity contribution >= 4 is 0 Å². The molecule has 2 unspecified atom stereocenters. The SMILES string of the molecule is CC1(OC2COCC2O)CNC1. The minimum Gasteiger partial charge on any atom is -0.388 e. The van der Waals surface area contributed by atoms with Crippen LogP contribution in [-0.2, 0) is 9.47 Å². The highest BCUT2D eigenvalue weighted by atomic mass is 16.6. The molecule has 2 N–H and O–H groups in total. The minimum absolute atomic E-state index is 0.0840. The van der Waals surface area contributed by atoms with E-state index >= 15 is 0 Å². The molecule has 0 spiro atoms. The van der Waals surface area contributed by atoms with Crippen LogP contribution in [0.25, 0.3) is 0 Å². The number of ether oxygens (including phenoxy) is 2. The van der Waals surface area contributed by atoms with Crippen molar-refractivity contribution < 1.29 is 14.6 Å². The molecule has 0 aromatic rings. The Balaban J connectivity index is 1.85. The third-order valence-electron chi connectivity index (χ3n) is 2.43. The lowest BCUT2D eigenvalue weighted by molar-refractivity contribution is -0.133. The Morgan fingerprint density at radius 3 is 2.67 bits per heavy atom. The minimum atomic E-state index is -0.442. The van der Waals surface area contributed by atoms with Gasteiger partial charge in [0.15, 0.2) is 0 Å². The molecule has 0 saturated carbocycles. The van der Waals surface area contributed by atoms with Gasteiger partial charge < -0.3 is 19.9 Å². The second-order valence-electron chi connectivity index (χ2n) is 3.81. The van der Waals surface area contributed by atoms with E-state index in [1.807, 2.05) is 0 Å². The Morgan fingerprint density at radius 2 is 2.25 bits per heavy atom. The largest absolute Gasteiger partial charge is 0.388 e. The number of nitrogens with one attached hydrogen (secondary N) is 1. The highest BCUT2D eigenvalue weighted by Crippen LogP contribution is 2.21. The lowest BCUT2D eigenvalue weighted by Gasteiger charge is -2.41. The standard InChI is InChI=1S/C8H15NO3/c1-8(4-9-5-8)12-7-3-11-2-6(7)10/h6-7,9-10H,2-5H2,1H3. The van der Waals surface area contributed by atoms with Gasteiger partial charge in [-0.25, -0.2) is 0 Å². The predicted molar refractivity (Wildman–Crippen MR) is 43.0 cm³/mol. The molecule has 4 nitrogen and oxygen atoms in total. The number of aliphatic hydroxyl groups is 1. The summed E-state index contributed by atoms with van der Waals surface area (Å²) in [6, 6.07) is 0. The highest BCUT2D eigenvalue weighted by molar-refractivity contribution is 4.92. The van der Waals surface area contributed by atoms with Gasteiger partial charge in [0, 0.05) is 13.1 Å². The molecular weight excluding hydrogens is 158 g/mol. The summed E-state index contributed by atoms with van der Waals surface area (Å²) in [6.45, 7) is 4.73. The number of hydrogen-bond acceptors (Lipinski definition) is 4. The first-order chi connectivity index (χ1) is 5.70. The van der Waals surface area contributed by atoms with Crippen LogP contribution in [0.5, 0.6) is 0 Å². The summed E-state index contributed by atoms with van der Waals surface area (Å²) in [4.78, 5) is 0. The van der Waals surface area contributed by atoms with E-state index < -0.39 is 6.10 Å². The summed E-state index contributed by atoms with van der Waals surface area (Å²) in [5, 5.41) is 12.5. The summed E-state index contributed by atoms with van der Waals surface area (Å²) in [5.41, 5.74) is -0.0840. The lowest BCUT2D eigenvalue weighted by atomic mass is 9.99. The van der Waals surface area contributed by atoms with Gasteiger partial charge in [-0.15, -0.1) is 0 Å². The van der Waals surface area contributed by atoms with Gasteiger partial charge in [0.1, 0.15) is 12.2 Å². The van der Waals surface area contributed by atoms with Gasteiger partial charge >= 0.3 is 0 Å². The molecule has 2 fully saturated rings. The molecule has 2 aliphatic heterocycles. The van der Waals surface area contributed by atoms with Crippen LogP contribution in [0.2, 0.25) is 0 Å². The molecule has 0 amide bonds. The van der Waals surface area contributed by atoms with Gasteiger partial charge in [-0.05, 0) is 6.92 Å². The van der Waals surface area contributed by atoms with Crippen LogP contribution in [0.15, 0.2) is 0 Å². The van der Waals surface area contributed by atoms with E-state index in [-0.39, 0.29) is 11.7 Å². The summed E-state index contributed by atoms with van der Waals surface area (Å²) in [6.07, 6.45) is -0.570. The number of aliphatic hydroxyl groups excluding tert-OH is 1. The first kappa shape index (κ1) is 8.44. The second-order valence-corrected chi connectivity index (χ2v) is 3.81. The smallest absolute Gasteiger partial charge is 0.110 e. The van der Waals surface area contributed by atoms with Crippen molar-refractivity contribution in [2.45, 2.75) is 24.7 Å². The van der Waals surface area contributed by atoms with Crippen molar-refractivity contribution in [3.8, 4) is 0 Å². The average Bonchev–Trinajstić information content (AvgIpc) is 2.34. The molecule has 4 heteroatoms. The van der Waals surface area contributed by atoms with Crippen molar-refractivity contribution in [3.05, 3.63) is 0 Å². The second kappa shape index (κ2) is 2.96. The van der Waals surface area contributed by atoms with E-state index in [4.69, 9.17) is 9.47 Å². The molecule has 2 aliphatic rings. The van der Waals surface area contributed by atoms with Crippen LogP contribution >= 0.6 is 0 Å². The fraction of sp³-hybridized carbons (Fsp3) is 1.00. The first-order valence-electron chi connectivity index (χ1n) is 4.34. The van der Waals surface area contributed by atoms with E-state index in [0.717, 1.165) is 13.1 Å². The van der Waals surface area contributed by atoms with E-state index in [2.05, 4.69) is 12.2 Å². The van der Waals surface area contributed by atoms with Gasteiger partial charge in [-0.2, -0.15) is 0 Å². The molecule has 2 saturated heterocycles. The maximum absolute atomic E-state index is 9.40. The normalized spacial score (nSPS) is 39.5. The molecule has 0 aromatic carbocycles. The highest BCUT2D eigenvalue weighted by Gasteiger charge is 2.39. The van der Waals surface area contributed by atoms with Gasteiger partial charge in [0.25, 0.3) is 0 Å². The molecule has 2 atom stereocenters. The molecule has 0 aliphatic carbocycles. The van der Waals surface area contributed by atoms with Gasteiger partial charge in [-0.3, -0.25) is 0 Å². The van der Waals surface area contributed by atoms with Gasteiger partial charge in [0.05, 0.1) is 18.8 Å². The van der Waals surface area contributed by atoms with Crippen molar-refractivity contribution in [3.63, 3.8) is 0 Å². The fourth-order valence-corrected chi connectivity index (χ4v) is 1.56. The topological polar surface area (TPSA) is 50.7 Å². The molecule has 12 heavy (non-hydrogen) atoms. The van der Waals surface area contributed by atoms with E-state index in [0.29, 0.717) is 13.2 Å². The van der Waals surface area contributed by atoms with Crippen LogP contribution in [-0.4, -0.2) is 49.2 Å². The Hall–Kier alpha value is -0.160. The third-order valence-corrected chi connectivity index (χ3v) is 2.43. The zero-order valence-electron chi connectivity index (χ0n) is 7.25. The van der Waals surface area contributed by atoms with E-state index in [9.17, 15) is 5.11 Å². The summed E-state index contributed by atoms with van der Waals surface area (Å²) in [7, 11) is 0. The van der Waals surface area contributed by atoms with Crippen LogP contribution in [0.3, 0.4) is 0 Å². The fourth-order valence-electron chi connectivity index (χ4n) is 1.56. The van der Waals surface area contributed by atoms with Gasteiger partial charge in [-0.1, -0.05) is 0 Å². The molecule has 70 valence electrons. The molecule has 2 rings (SSSR count). The Bertz CT molecular complexity index is 170. The third kappa shape index (κ3) is 1.47. The maximum Gasteiger partial charge on any atom is 0.110 e.